The lowest BCUT2D eigenvalue weighted by Gasteiger charge is -2.22. The fourth-order valence-electron chi connectivity index (χ4n) is 2.77. The maximum absolute atomic E-state index is 5.38. The van der Waals surface area contributed by atoms with E-state index in [4.69, 9.17) is 4.74 Å². The highest BCUT2D eigenvalue weighted by Gasteiger charge is 2.19. The number of para-hydroxylation sites is 1. The van der Waals surface area contributed by atoms with Crippen LogP contribution in [0.15, 0.2) is 24.4 Å². The third-order valence-corrected chi connectivity index (χ3v) is 3.67. The van der Waals surface area contributed by atoms with Gasteiger partial charge < -0.3 is 15.0 Å². The number of H-pyrrole nitrogens is 1. The molecule has 2 N–H and O–H groups in total. The van der Waals surface area contributed by atoms with Gasteiger partial charge in [0.2, 0.25) is 0 Å². The van der Waals surface area contributed by atoms with Crippen molar-refractivity contribution in [1.29, 1.82) is 0 Å². The summed E-state index contributed by atoms with van der Waals surface area (Å²) in [4.78, 5) is 3.35. The fourth-order valence-corrected chi connectivity index (χ4v) is 2.77. The summed E-state index contributed by atoms with van der Waals surface area (Å²) in [6.07, 6.45) is 4.68. The summed E-state index contributed by atoms with van der Waals surface area (Å²) in [6.45, 7) is 2.24. The molecule has 0 unspecified atom stereocenters. The molecule has 90 valence electrons. The molecule has 1 atom stereocenters. The molecule has 3 heteroatoms. The van der Waals surface area contributed by atoms with E-state index in [2.05, 4.69) is 28.6 Å². The van der Waals surface area contributed by atoms with Crippen molar-refractivity contribution in [3.63, 3.8) is 0 Å². The second kappa shape index (κ2) is 4.41. The molecule has 2 aromatic rings. The predicted octanol–water partition coefficient (Wildman–Crippen LogP) is 2.64. The van der Waals surface area contributed by atoms with Crippen LogP contribution in [-0.2, 0) is 0 Å². The highest BCUT2D eigenvalue weighted by Crippen LogP contribution is 2.33. The summed E-state index contributed by atoms with van der Waals surface area (Å²) in [5, 5.41) is 4.78. The second-order valence-electron chi connectivity index (χ2n) is 4.67. The van der Waals surface area contributed by atoms with E-state index in [1.807, 2.05) is 6.07 Å². The number of rotatable bonds is 2. The van der Waals surface area contributed by atoms with Gasteiger partial charge in [0, 0.05) is 18.1 Å². The molecule has 1 saturated heterocycles. The summed E-state index contributed by atoms with van der Waals surface area (Å²) in [7, 11) is 1.72. The topological polar surface area (TPSA) is 37.0 Å². The van der Waals surface area contributed by atoms with Crippen LogP contribution in [0.1, 0.15) is 24.3 Å². The molecule has 1 fully saturated rings. The Morgan fingerprint density at radius 3 is 3.06 bits per heavy atom. The van der Waals surface area contributed by atoms with Crippen LogP contribution in [0.2, 0.25) is 0 Å². The van der Waals surface area contributed by atoms with Crippen molar-refractivity contribution >= 4 is 10.9 Å². The molecule has 0 spiro atoms. The van der Waals surface area contributed by atoms with Crippen molar-refractivity contribution < 1.29 is 4.74 Å². The molecule has 1 aliphatic heterocycles. The molecule has 3 nitrogen and oxygen atoms in total. The molecule has 17 heavy (non-hydrogen) atoms. The van der Waals surface area contributed by atoms with E-state index in [1.54, 1.807) is 7.11 Å². The van der Waals surface area contributed by atoms with Gasteiger partial charge in [-0.15, -0.1) is 0 Å². The van der Waals surface area contributed by atoms with Gasteiger partial charge in [-0.2, -0.15) is 0 Å². The molecule has 0 radical (unpaired) electrons. The molecular formula is C14H18N2O. The van der Waals surface area contributed by atoms with Crippen LogP contribution >= 0.6 is 0 Å². The second-order valence-corrected chi connectivity index (χ2v) is 4.67. The minimum absolute atomic E-state index is 0.629. The number of benzene rings is 1. The zero-order chi connectivity index (χ0) is 11.7. The lowest BCUT2D eigenvalue weighted by molar-refractivity contribution is 0.419. The van der Waals surface area contributed by atoms with E-state index in [0.717, 1.165) is 24.4 Å². The third-order valence-electron chi connectivity index (χ3n) is 3.67. The van der Waals surface area contributed by atoms with Gasteiger partial charge in [-0.25, -0.2) is 0 Å². The molecule has 3 rings (SSSR count). The van der Waals surface area contributed by atoms with Gasteiger partial charge in [0.25, 0.3) is 0 Å². The molecule has 2 heterocycles. The first-order valence-corrected chi connectivity index (χ1v) is 6.25. The zero-order valence-corrected chi connectivity index (χ0v) is 10.1. The number of aromatic nitrogens is 1. The fraction of sp³-hybridized carbons (Fsp3) is 0.429. The van der Waals surface area contributed by atoms with E-state index >= 15 is 0 Å². The van der Waals surface area contributed by atoms with Gasteiger partial charge in [-0.3, -0.25) is 0 Å². The van der Waals surface area contributed by atoms with Gasteiger partial charge in [0.05, 0.1) is 12.6 Å². The summed E-state index contributed by atoms with van der Waals surface area (Å²) >= 11 is 0. The standard InChI is InChI=1S/C14H18N2O/c1-17-13-6-2-5-11-12(9-16-14(11)13)10-4-3-7-15-8-10/h2,5-6,9-10,15-16H,3-4,7-8H2,1H3/t10-/m0/s1. The molecule has 0 aliphatic carbocycles. The van der Waals surface area contributed by atoms with Crippen molar-refractivity contribution in [3.05, 3.63) is 30.0 Å². The van der Waals surface area contributed by atoms with Crippen molar-refractivity contribution in [2.45, 2.75) is 18.8 Å². The first kappa shape index (κ1) is 10.7. The highest BCUT2D eigenvalue weighted by atomic mass is 16.5. The third kappa shape index (κ3) is 1.80. The number of aromatic amines is 1. The lowest BCUT2D eigenvalue weighted by atomic mass is 9.91. The van der Waals surface area contributed by atoms with Crippen LogP contribution in [-0.4, -0.2) is 25.2 Å². The van der Waals surface area contributed by atoms with E-state index in [1.165, 1.54) is 23.8 Å². The Hall–Kier alpha value is -1.48. The van der Waals surface area contributed by atoms with E-state index in [9.17, 15) is 0 Å². The maximum Gasteiger partial charge on any atom is 0.142 e. The first-order chi connectivity index (χ1) is 8.40. The Labute approximate surface area is 101 Å². The zero-order valence-electron chi connectivity index (χ0n) is 10.1. The minimum atomic E-state index is 0.629. The Kier molecular flexibility index (Phi) is 2.77. The van der Waals surface area contributed by atoms with Crippen molar-refractivity contribution in [3.8, 4) is 5.75 Å². The Morgan fingerprint density at radius 2 is 2.29 bits per heavy atom. The molecule has 0 amide bonds. The SMILES string of the molecule is COc1cccc2c([C@H]3CCCNC3)c[nH]c12. The number of piperidine rings is 1. The van der Waals surface area contributed by atoms with E-state index < -0.39 is 0 Å². The van der Waals surface area contributed by atoms with E-state index in [0.29, 0.717) is 5.92 Å². The molecule has 1 aliphatic rings. The van der Waals surface area contributed by atoms with Crippen LogP contribution < -0.4 is 10.1 Å². The molecule has 0 bridgehead atoms. The van der Waals surface area contributed by atoms with Gasteiger partial charge >= 0.3 is 0 Å². The molecule has 0 saturated carbocycles. The number of hydrogen-bond donors (Lipinski definition) is 2. The Morgan fingerprint density at radius 1 is 1.35 bits per heavy atom. The largest absolute Gasteiger partial charge is 0.495 e. The van der Waals surface area contributed by atoms with Crippen LogP contribution in [0.5, 0.6) is 5.75 Å². The lowest BCUT2D eigenvalue weighted by Crippen LogP contribution is -2.28. The predicted molar refractivity (Wildman–Crippen MR) is 69.7 cm³/mol. The quantitative estimate of drug-likeness (QED) is 0.832. The smallest absolute Gasteiger partial charge is 0.142 e. The number of fused-ring (bicyclic) bond motifs is 1. The minimum Gasteiger partial charge on any atom is -0.495 e. The Balaban J connectivity index is 2.05. The normalized spacial score (nSPS) is 20.6. The number of ether oxygens (including phenoxy) is 1. The molecule has 1 aromatic carbocycles. The monoisotopic (exact) mass is 230 g/mol. The van der Waals surface area contributed by atoms with Crippen molar-refractivity contribution in [1.82, 2.24) is 10.3 Å². The van der Waals surface area contributed by atoms with Gasteiger partial charge in [0.15, 0.2) is 0 Å². The van der Waals surface area contributed by atoms with Gasteiger partial charge in [-0.1, -0.05) is 12.1 Å². The maximum atomic E-state index is 5.38. The van der Waals surface area contributed by atoms with Crippen molar-refractivity contribution in [2.75, 3.05) is 20.2 Å². The Bertz CT molecular complexity index is 512. The number of methoxy groups -OCH3 is 1. The average Bonchev–Trinajstić information content (AvgIpc) is 2.83. The number of hydrogen-bond acceptors (Lipinski definition) is 2. The van der Waals surface area contributed by atoms with Gasteiger partial charge in [0.1, 0.15) is 5.75 Å². The van der Waals surface area contributed by atoms with Crippen LogP contribution in [0.25, 0.3) is 10.9 Å². The average molecular weight is 230 g/mol. The molecule has 1 aromatic heterocycles. The summed E-state index contributed by atoms with van der Waals surface area (Å²) < 4.78 is 5.38. The van der Waals surface area contributed by atoms with E-state index in [-0.39, 0.29) is 0 Å². The summed E-state index contributed by atoms with van der Waals surface area (Å²) in [6, 6.07) is 6.24. The van der Waals surface area contributed by atoms with Crippen LogP contribution in [0, 0.1) is 0 Å². The summed E-state index contributed by atoms with van der Waals surface area (Å²) in [5.74, 6) is 1.56. The molecular weight excluding hydrogens is 212 g/mol. The number of nitrogens with one attached hydrogen (secondary N) is 2. The van der Waals surface area contributed by atoms with Crippen molar-refractivity contribution in [2.24, 2.45) is 0 Å². The van der Waals surface area contributed by atoms with Crippen LogP contribution in [0.3, 0.4) is 0 Å². The van der Waals surface area contributed by atoms with Gasteiger partial charge in [-0.05, 0) is 36.9 Å². The highest BCUT2D eigenvalue weighted by molar-refractivity contribution is 5.88. The summed E-state index contributed by atoms with van der Waals surface area (Å²) in [5.41, 5.74) is 2.54. The van der Waals surface area contributed by atoms with Crippen LogP contribution in [0.4, 0.5) is 0 Å². The first-order valence-electron chi connectivity index (χ1n) is 6.25.